The van der Waals surface area contributed by atoms with Crippen LogP contribution in [0.2, 0.25) is 0 Å². The molecule has 0 N–H and O–H groups in total. The zero-order chi connectivity index (χ0) is 13.1. The number of rotatable bonds is 3. The number of alkyl halides is 1. The molecular weight excluding hydrogens is 316 g/mol. The molecule has 1 aliphatic heterocycles. The number of nitro benzene ring substituents is 1. The number of anilines is 1. The Labute approximate surface area is 119 Å². The Morgan fingerprint density at radius 3 is 3.00 bits per heavy atom. The van der Waals surface area contributed by atoms with E-state index in [1.54, 1.807) is 12.1 Å². The van der Waals surface area contributed by atoms with Gasteiger partial charge in [0.25, 0.3) is 5.69 Å². The maximum atomic E-state index is 10.8. The zero-order valence-electron chi connectivity index (χ0n) is 10.1. The third-order valence-electron chi connectivity index (χ3n) is 3.09. The van der Waals surface area contributed by atoms with Crippen LogP contribution in [0.25, 0.3) is 0 Å². The number of benzene rings is 1. The van der Waals surface area contributed by atoms with Crippen LogP contribution in [0.1, 0.15) is 12.5 Å². The molecule has 1 atom stereocenters. The second-order valence-corrected chi connectivity index (χ2v) is 6.03. The summed E-state index contributed by atoms with van der Waals surface area (Å²) in [5.41, 5.74) is 2.26. The normalized spacial score (nSPS) is 19.9. The summed E-state index contributed by atoms with van der Waals surface area (Å²) >= 11 is 5.39. The van der Waals surface area contributed by atoms with Crippen LogP contribution in [0, 0.1) is 10.1 Å². The predicted molar refractivity (Wildman–Crippen MR) is 79.9 cm³/mol. The first kappa shape index (κ1) is 13.7. The minimum atomic E-state index is -0.342. The van der Waals surface area contributed by atoms with Gasteiger partial charge in [-0.25, -0.2) is 0 Å². The standard InChI is InChI=1S/C12H15BrN2O2S/c1-9-8-18-5-4-14(9)12-3-2-11(15(16)17)6-10(12)7-13/h2-3,6,9H,4-5,7-8H2,1H3. The molecule has 0 amide bonds. The molecule has 0 aromatic heterocycles. The molecule has 0 aliphatic carbocycles. The Kier molecular flexibility index (Phi) is 4.50. The monoisotopic (exact) mass is 330 g/mol. The lowest BCUT2D eigenvalue weighted by Gasteiger charge is -2.36. The van der Waals surface area contributed by atoms with Crippen molar-refractivity contribution in [2.75, 3.05) is 23.0 Å². The van der Waals surface area contributed by atoms with Gasteiger partial charge < -0.3 is 4.90 Å². The molecule has 0 saturated carbocycles. The second kappa shape index (κ2) is 5.93. The molecule has 1 aromatic carbocycles. The first-order chi connectivity index (χ1) is 8.63. The van der Waals surface area contributed by atoms with Crippen molar-refractivity contribution in [2.24, 2.45) is 0 Å². The van der Waals surface area contributed by atoms with Crippen molar-refractivity contribution >= 4 is 39.1 Å². The highest BCUT2D eigenvalue weighted by molar-refractivity contribution is 9.08. The molecule has 1 fully saturated rings. The summed E-state index contributed by atoms with van der Waals surface area (Å²) in [5.74, 6) is 2.22. The average Bonchev–Trinajstić information content (AvgIpc) is 2.38. The highest BCUT2D eigenvalue weighted by Crippen LogP contribution is 2.31. The van der Waals surface area contributed by atoms with Gasteiger partial charge in [-0.2, -0.15) is 11.8 Å². The summed E-state index contributed by atoms with van der Waals surface area (Å²) in [5, 5.41) is 11.4. The molecule has 0 spiro atoms. The Balaban J connectivity index is 2.34. The molecule has 0 bridgehead atoms. The van der Waals surface area contributed by atoms with E-state index in [0.29, 0.717) is 11.4 Å². The van der Waals surface area contributed by atoms with Gasteiger partial charge in [0.15, 0.2) is 0 Å². The van der Waals surface area contributed by atoms with E-state index >= 15 is 0 Å². The first-order valence-electron chi connectivity index (χ1n) is 5.81. The molecule has 1 aliphatic rings. The number of thioether (sulfide) groups is 1. The number of non-ortho nitro benzene ring substituents is 1. The third-order valence-corrected chi connectivity index (χ3v) is 4.89. The number of hydrogen-bond donors (Lipinski definition) is 0. The topological polar surface area (TPSA) is 46.4 Å². The summed E-state index contributed by atoms with van der Waals surface area (Å²) in [4.78, 5) is 12.8. The predicted octanol–water partition coefficient (Wildman–Crippen LogP) is 3.43. The highest BCUT2D eigenvalue weighted by atomic mass is 79.9. The molecule has 98 valence electrons. The van der Waals surface area contributed by atoms with Crippen molar-refractivity contribution in [2.45, 2.75) is 18.3 Å². The minimum absolute atomic E-state index is 0.159. The van der Waals surface area contributed by atoms with Gasteiger partial charge in [-0.3, -0.25) is 10.1 Å². The molecule has 0 radical (unpaired) electrons. The van der Waals surface area contributed by atoms with Gasteiger partial charge in [-0.15, -0.1) is 0 Å². The van der Waals surface area contributed by atoms with Crippen LogP contribution >= 0.6 is 27.7 Å². The fraction of sp³-hybridized carbons (Fsp3) is 0.500. The molecule has 1 aromatic rings. The molecule has 4 nitrogen and oxygen atoms in total. The number of nitrogens with zero attached hydrogens (tertiary/aromatic N) is 2. The van der Waals surface area contributed by atoms with E-state index in [9.17, 15) is 10.1 Å². The Morgan fingerprint density at radius 1 is 1.61 bits per heavy atom. The number of halogens is 1. The third kappa shape index (κ3) is 2.80. The maximum absolute atomic E-state index is 10.8. The molecule has 2 rings (SSSR count). The molecule has 1 saturated heterocycles. The van der Waals surface area contributed by atoms with E-state index in [1.807, 2.05) is 17.8 Å². The van der Waals surface area contributed by atoms with E-state index in [-0.39, 0.29) is 10.6 Å². The fourth-order valence-electron chi connectivity index (χ4n) is 2.16. The van der Waals surface area contributed by atoms with Gasteiger partial charge >= 0.3 is 0 Å². The molecule has 18 heavy (non-hydrogen) atoms. The summed E-state index contributed by atoms with van der Waals surface area (Å²) in [7, 11) is 0. The van der Waals surface area contributed by atoms with E-state index in [0.717, 1.165) is 29.3 Å². The van der Waals surface area contributed by atoms with Gasteiger partial charge in [-0.05, 0) is 18.6 Å². The van der Waals surface area contributed by atoms with E-state index in [4.69, 9.17) is 0 Å². The van der Waals surface area contributed by atoms with E-state index in [1.165, 1.54) is 0 Å². The van der Waals surface area contributed by atoms with Crippen molar-refractivity contribution in [3.05, 3.63) is 33.9 Å². The SMILES string of the molecule is CC1CSCCN1c1ccc([N+](=O)[O-])cc1CBr. The Bertz CT molecular complexity index is 456. The fourth-order valence-corrected chi connectivity index (χ4v) is 3.62. The van der Waals surface area contributed by atoms with Crippen LogP contribution in [0.5, 0.6) is 0 Å². The smallest absolute Gasteiger partial charge is 0.269 e. The molecule has 1 heterocycles. The summed E-state index contributed by atoms with van der Waals surface area (Å²) in [6, 6.07) is 5.61. The molecule has 1 unspecified atom stereocenters. The van der Waals surface area contributed by atoms with Crippen LogP contribution in [0.4, 0.5) is 11.4 Å². The van der Waals surface area contributed by atoms with Crippen molar-refractivity contribution in [3.8, 4) is 0 Å². The highest BCUT2D eigenvalue weighted by Gasteiger charge is 2.22. The summed E-state index contributed by atoms with van der Waals surface area (Å²) in [6.07, 6.45) is 0. The van der Waals surface area contributed by atoms with Crippen LogP contribution in [0.3, 0.4) is 0 Å². The average molecular weight is 331 g/mol. The second-order valence-electron chi connectivity index (χ2n) is 4.32. The first-order valence-corrected chi connectivity index (χ1v) is 8.08. The van der Waals surface area contributed by atoms with Crippen molar-refractivity contribution in [3.63, 3.8) is 0 Å². The lowest BCUT2D eigenvalue weighted by molar-refractivity contribution is -0.384. The van der Waals surface area contributed by atoms with Gasteiger partial charge in [0, 0.05) is 47.2 Å². The van der Waals surface area contributed by atoms with Gasteiger partial charge in [0.1, 0.15) is 0 Å². The van der Waals surface area contributed by atoms with Crippen LogP contribution in [-0.4, -0.2) is 29.0 Å². The largest absolute Gasteiger partial charge is 0.367 e. The van der Waals surface area contributed by atoms with Crippen LogP contribution < -0.4 is 4.90 Å². The number of nitro groups is 1. The van der Waals surface area contributed by atoms with Crippen molar-refractivity contribution in [1.29, 1.82) is 0 Å². The van der Waals surface area contributed by atoms with Gasteiger partial charge in [-0.1, -0.05) is 15.9 Å². The molecular formula is C12H15BrN2O2S. The Morgan fingerprint density at radius 2 is 2.39 bits per heavy atom. The number of hydrogen-bond acceptors (Lipinski definition) is 4. The Hall–Kier alpha value is -0.750. The van der Waals surface area contributed by atoms with Gasteiger partial charge in [0.2, 0.25) is 0 Å². The zero-order valence-corrected chi connectivity index (χ0v) is 12.5. The summed E-state index contributed by atoms with van der Waals surface area (Å²) < 4.78 is 0. The lowest BCUT2D eigenvalue weighted by atomic mass is 10.1. The van der Waals surface area contributed by atoms with E-state index < -0.39 is 0 Å². The van der Waals surface area contributed by atoms with Crippen molar-refractivity contribution < 1.29 is 4.92 Å². The lowest BCUT2D eigenvalue weighted by Crippen LogP contribution is -2.40. The van der Waals surface area contributed by atoms with Crippen molar-refractivity contribution in [1.82, 2.24) is 0 Å². The quantitative estimate of drug-likeness (QED) is 0.484. The van der Waals surface area contributed by atoms with Crippen LogP contribution in [-0.2, 0) is 5.33 Å². The van der Waals surface area contributed by atoms with E-state index in [2.05, 4.69) is 27.8 Å². The maximum Gasteiger partial charge on any atom is 0.269 e. The van der Waals surface area contributed by atoms with Crippen LogP contribution in [0.15, 0.2) is 18.2 Å². The minimum Gasteiger partial charge on any atom is -0.367 e. The molecule has 6 heteroatoms. The van der Waals surface area contributed by atoms with Gasteiger partial charge in [0.05, 0.1) is 4.92 Å². The summed E-state index contributed by atoms with van der Waals surface area (Å²) in [6.45, 7) is 3.20.